The third-order valence-corrected chi connectivity index (χ3v) is 8.46. The largest absolute Gasteiger partial charge is 0.377 e. The normalized spacial score (nSPS) is 21.1. The predicted molar refractivity (Wildman–Crippen MR) is 123 cm³/mol. The Hall–Kier alpha value is -2.72. The van der Waals surface area contributed by atoms with E-state index in [9.17, 15) is 13.2 Å². The number of morpholine rings is 1. The first-order chi connectivity index (χ1) is 15.1. The molecule has 0 spiro atoms. The monoisotopic (exact) mass is 459 g/mol. The fourth-order valence-electron chi connectivity index (χ4n) is 4.07. The van der Waals surface area contributed by atoms with E-state index in [0.717, 1.165) is 5.56 Å². The summed E-state index contributed by atoms with van der Waals surface area (Å²) in [7, 11) is -3.40. The van der Waals surface area contributed by atoms with Gasteiger partial charge in [0.05, 0.1) is 30.7 Å². The maximum atomic E-state index is 12.9. The van der Waals surface area contributed by atoms with Crippen molar-refractivity contribution in [2.24, 2.45) is 0 Å². The Balaban J connectivity index is 1.77. The van der Waals surface area contributed by atoms with Crippen molar-refractivity contribution < 1.29 is 17.9 Å². The van der Waals surface area contributed by atoms with Crippen LogP contribution in [0.5, 0.6) is 0 Å². The highest BCUT2D eigenvalue weighted by Crippen LogP contribution is 2.44. The Morgan fingerprint density at radius 2 is 1.97 bits per heavy atom. The number of hydrogen-bond acceptors (Lipinski definition) is 7. The third-order valence-electron chi connectivity index (χ3n) is 6.05. The molecule has 0 saturated carbocycles. The molecule has 32 heavy (non-hydrogen) atoms. The molecule has 1 aromatic carbocycles. The zero-order valence-corrected chi connectivity index (χ0v) is 19.6. The number of fused-ring (bicyclic) bond motifs is 1. The minimum Gasteiger partial charge on any atom is -0.377 e. The first kappa shape index (κ1) is 22.5. The molecule has 2 N–H and O–H groups in total. The zero-order valence-electron chi connectivity index (χ0n) is 18.8. The van der Waals surface area contributed by atoms with E-state index >= 15 is 0 Å². The lowest BCUT2D eigenvalue weighted by Gasteiger charge is -2.35. The predicted octanol–water partition coefficient (Wildman–Crippen LogP) is 2.67. The van der Waals surface area contributed by atoms with Crippen LogP contribution in [0.25, 0.3) is 11.4 Å². The number of carbonyl (C=O) groups excluding carboxylic acids is 1. The second-order valence-corrected chi connectivity index (χ2v) is 11.2. The number of urea groups is 1. The Morgan fingerprint density at radius 3 is 2.62 bits per heavy atom. The van der Waals surface area contributed by atoms with Gasteiger partial charge in [-0.25, -0.2) is 23.2 Å². The lowest BCUT2D eigenvalue weighted by molar-refractivity contribution is 0.0984. The number of nitrogens with one attached hydrogen (secondary N) is 2. The highest BCUT2D eigenvalue weighted by molar-refractivity contribution is 7.91. The van der Waals surface area contributed by atoms with Crippen molar-refractivity contribution in [1.82, 2.24) is 15.3 Å². The second kappa shape index (κ2) is 8.32. The van der Waals surface area contributed by atoms with E-state index in [4.69, 9.17) is 14.7 Å². The molecule has 2 aliphatic heterocycles. The molecule has 172 valence electrons. The lowest BCUT2D eigenvalue weighted by Crippen LogP contribution is -2.44. The van der Waals surface area contributed by atoms with Gasteiger partial charge in [0.2, 0.25) is 0 Å². The zero-order chi connectivity index (χ0) is 23.1. The summed E-state index contributed by atoms with van der Waals surface area (Å²) < 4.78 is 30.4. The van der Waals surface area contributed by atoms with Crippen molar-refractivity contribution in [3.8, 4) is 11.4 Å². The molecule has 1 aromatic heterocycles. The van der Waals surface area contributed by atoms with E-state index in [1.54, 1.807) is 26.0 Å². The molecule has 1 unspecified atom stereocenters. The maximum Gasteiger partial charge on any atom is 0.319 e. The molecule has 1 saturated heterocycles. The van der Waals surface area contributed by atoms with E-state index in [0.29, 0.717) is 54.9 Å². The van der Waals surface area contributed by atoms with Crippen molar-refractivity contribution in [3.05, 3.63) is 35.5 Å². The van der Waals surface area contributed by atoms with Crippen molar-refractivity contribution in [2.75, 3.05) is 36.5 Å². The summed E-state index contributed by atoms with van der Waals surface area (Å²) in [6.45, 7) is 9.60. The van der Waals surface area contributed by atoms with E-state index in [-0.39, 0.29) is 17.8 Å². The van der Waals surface area contributed by atoms with E-state index < -0.39 is 14.6 Å². The van der Waals surface area contributed by atoms with Crippen LogP contribution >= 0.6 is 0 Å². The summed E-state index contributed by atoms with van der Waals surface area (Å²) in [5.41, 5.74) is 2.63. The molecule has 0 bridgehead atoms. The number of ether oxygens (including phenoxy) is 1. The summed E-state index contributed by atoms with van der Waals surface area (Å²) in [6, 6.07) is 7.01. The molecular formula is C22H29N5O4S. The molecular weight excluding hydrogens is 430 g/mol. The molecule has 2 aliphatic rings. The van der Waals surface area contributed by atoms with E-state index in [1.807, 2.05) is 26.0 Å². The van der Waals surface area contributed by atoms with Crippen LogP contribution in [0.3, 0.4) is 0 Å². The van der Waals surface area contributed by atoms with Gasteiger partial charge in [-0.2, -0.15) is 0 Å². The van der Waals surface area contributed by atoms with Crippen molar-refractivity contribution in [3.63, 3.8) is 0 Å². The van der Waals surface area contributed by atoms with Crippen LogP contribution in [-0.2, 0) is 25.1 Å². The summed E-state index contributed by atoms with van der Waals surface area (Å²) in [4.78, 5) is 23.4. The van der Waals surface area contributed by atoms with Gasteiger partial charge >= 0.3 is 6.03 Å². The molecule has 9 nitrogen and oxygen atoms in total. The SMILES string of the molecule is CCNC(=O)Nc1ccc(-c2nc(N3CCOCC3C)c3c(n2)C(C)(C)S(=O)(=O)C3)cc1. The summed E-state index contributed by atoms with van der Waals surface area (Å²) in [6.07, 6.45) is 0. The van der Waals surface area contributed by atoms with Crippen LogP contribution < -0.4 is 15.5 Å². The molecule has 0 aliphatic carbocycles. The fourth-order valence-corrected chi connectivity index (χ4v) is 5.54. The highest BCUT2D eigenvalue weighted by Gasteiger charge is 2.48. The van der Waals surface area contributed by atoms with E-state index in [2.05, 4.69) is 15.5 Å². The van der Waals surface area contributed by atoms with Crippen molar-refractivity contribution in [2.45, 2.75) is 44.2 Å². The maximum absolute atomic E-state index is 12.9. The lowest BCUT2D eigenvalue weighted by atomic mass is 10.0. The van der Waals surface area contributed by atoms with Crippen LogP contribution in [0, 0.1) is 0 Å². The molecule has 0 radical (unpaired) electrons. The van der Waals surface area contributed by atoms with Gasteiger partial charge < -0.3 is 20.3 Å². The van der Waals surface area contributed by atoms with Gasteiger partial charge in [0.15, 0.2) is 15.7 Å². The van der Waals surface area contributed by atoms with Gasteiger partial charge in [-0.3, -0.25) is 0 Å². The van der Waals surface area contributed by atoms with Crippen LogP contribution in [-0.4, -0.2) is 56.8 Å². The molecule has 1 atom stereocenters. The van der Waals surface area contributed by atoms with Crippen LogP contribution in [0.15, 0.2) is 24.3 Å². The Labute approximate surface area is 188 Å². The summed E-state index contributed by atoms with van der Waals surface area (Å²) >= 11 is 0. The van der Waals surface area contributed by atoms with Crippen LogP contribution in [0.2, 0.25) is 0 Å². The van der Waals surface area contributed by atoms with Gasteiger partial charge in [0.25, 0.3) is 0 Å². The summed E-state index contributed by atoms with van der Waals surface area (Å²) in [5, 5.41) is 5.45. The Morgan fingerprint density at radius 1 is 1.25 bits per heavy atom. The number of rotatable bonds is 4. The average Bonchev–Trinajstić information content (AvgIpc) is 2.93. The minimum atomic E-state index is -3.40. The van der Waals surface area contributed by atoms with E-state index in [1.165, 1.54) is 0 Å². The van der Waals surface area contributed by atoms with Crippen molar-refractivity contribution in [1.29, 1.82) is 0 Å². The number of hydrogen-bond donors (Lipinski definition) is 2. The standard InChI is InChI=1S/C22H29N5O4S/c1-5-23-21(28)24-16-8-6-15(7-9-16)19-25-18-17(13-32(29,30)22(18,3)4)20(26-19)27-10-11-31-12-14(27)2/h6-9,14H,5,10-13H2,1-4H3,(H2,23,24,28). The number of carbonyl (C=O) groups is 1. The van der Waals surface area contributed by atoms with Gasteiger partial charge in [0.1, 0.15) is 10.6 Å². The summed E-state index contributed by atoms with van der Waals surface area (Å²) in [5.74, 6) is 1.07. The molecule has 3 heterocycles. The van der Waals surface area contributed by atoms with Crippen LogP contribution in [0.1, 0.15) is 39.0 Å². The molecule has 10 heteroatoms. The smallest absolute Gasteiger partial charge is 0.319 e. The molecule has 2 aromatic rings. The number of benzene rings is 1. The number of nitrogens with zero attached hydrogens (tertiary/aromatic N) is 3. The Kier molecular flexibility index (Phi) is 5.85. The quantitative estimate of drug-likeness (QED) is 0.723. The molecule has 4 rings (SSSR count). The van der Waals surface area contributed by atoms with Crippen molar-refractivity contribution >= 4 is 27.4 Å². The number of anilines is 2. The topological polar surface area (TPSA) is 114 Å². The minimum absolute atomic E-state index is 0.0651. The number of aromatic nitrogens is 2. The number of sulfone groups is 1. The van der Waals surface area contributed by atoms with Crippen LogP contribution in [0.4, 0.5) is 16.3 Å². The van der Waals surface area contributed by atoms with Gasteiger partial charge in [-0.15, -0.1) is 0 Å². The third kappa shape index (κ3) is 3.93. The average molecular weight is 460 g/mol. The Bertz CT molecular complexity index is 1130. The van der Waals surface area contributed by atoms with Gasteiger partial charge in [0, 0.05) is 29.9 Å². The molecule has 2 amide bonds. The fraction of sp³-hybridized carbons (Fsp3) is 0.500. The molecule has 1 fully saturated rings. The van der Waals surface area contributed by atoms with Gasteiger partial charge in [-0.1, -0.05) is 0 Å². The first-order valence-electron chi connectivity index (χ1n) is 10.8. The second-order valence-electron chi connectivity index (χ2n) is 8.65. The first-order valence-corrected chi connectivity index (χ1v) is 12.4. The number of amides is 2. The highest BCUT2D eigenvalue weighted by atomic mass is 32.2. The van der Waals surface area contributed by atoms with Gasteiger partial charge in [-0.05, 0) is 52.0 Å².